The monoisotopic (exact) mass is 374 g/mol. The number of aryl methyl sites for hydroxylation is 1. The van der Waals surface area contributed by atoms with Crippen molar-refractivity contribution in [2.75, 3.05) is 18.5 Å². The maximum atomic E-state index is 12.3. The van der Waals surface area contributed by atoms with Crippen LogP contribution in [-0.4, -0.2) is 33.6 Å². The number of carbonyl (C=O) groups excluding carboxylic acids is 1. The van der Waals surface area contributed by atoms with Crippen molar-refractivity contribution in [1.29, 1.82) is 0 Å². The summed E-state index contributed by atoms with van der Waals surface area (Å²) >= 11 is 0. The van der Waals surface area contributed by atoms with Gasteiger partial charge in [0.05, 0.1) is 11.0 Å². The van der Waals surface area contributed by atoms with Gasteiger partial charge >= 0.3 is 0 Å². The van der Waals surface area contributed by atoms with Gasteiger partial charge in [0.25, 0.3) is 5.91 Å². The molecule has 1 atom stereocenters. The van der Waals surface area contributed by atoms with E-state index in [-0.39, 0.29) is 23.5 Å². The Morgan fingerprint density at radius 2 is 1.81 bits per heavy atom. The molecule has 2 aromatic rings. The van der Waals surface area contributed by atoms with E-state index in [4.69, 9.17) is 4.74 Å². The number of carbonyl (C=O) groups is 1. The first-order valence-electron chi connectivity index (χ1n) is 8.53. The molecular weight excluding hydrogens is 352 g/mol. The molecular formula is C19H22N2O4S. The highest BCUT2D eigenvalue weighted by Crippen LogP contribution is 2.16. The Kier molecular flexibility index (Phi) is 5.70. The van der Waals surface area contributed by atoms with Gasteiger partial charge in [-0.2, -0.15) is 0 Å². The number of rotatable bonds is 6. The molecule has 0 radical (unpaired) electrons. The lowest BCUT2D eigenvalue weighted by Crippen LogP contribution is -2.31. The Hall–Kier alpha value is -2.22. The summed E-state index contributed by atoms with van der Waals surface area (Å²) in [5, 5.41) is 2.76. The largest absolute Gasteiger partial charge is 0.377 e. The van der Waals surface area contributed by atoms with E-state index < -0.39 is 10.0 Å². The fraction of sp³-hybridized carbons (Fsp3) is 0.316. The number of benzene rings is 2. The molecule has 6 nitrogen and oxygen atoms in total. The SMILES string of the molecule is Cc1ccc(C(=O)Nc2ccc(S(=O)(=O)NCC3CCCO3)cc2)cc1. The first-order valence-corrected chi connectivity index (χ1v) is 10.0. The van der Waals surface area contributed by atoms with Crippen LogP contribution in [0.2, 0.25) is 0 Å². The van der Waals surface area contributed by atoms with Crippen LogP contribution < -0.4 is 10.0 Å². The summed E-state index contributed by atoms with van der Waals surface area (Å²) in [6.45, 7) is 2.91. The van der Waals surface area contributed by atoms with Crippen molar-refractivity contribution in [1.82, 2.24) is 4.72 Å². The van der Waals surface area contributed by atoms with Gasteiger partial charge in [-0.1, -0.05) is 17.7 Å². The normalized spacial score (nSPS) is 17.2. The van der Waals surface area contributed by atoms with Crippen LogP contribution in [0, 0.1) is 6.92 Å². The second-order valence-corrected chi connectivity index (χ2v) is 8.10. The van der Waals surface area contributed by atoms with Crippen LogP contribution in [0.25, 0.3) is 0 Å². The van der Waals surface area contributed by atoms with Gasteiger partial charge in [0.1, 0.15) is 0 Å². The van der Waals surface area contributed by atoms with Crippen LogP contribution in [0.3, 0.4) is 0 Å². The molecule has 0 bridgehead atoms. The van der Waals surface area contributed by atoms with Crippen molar-refractivity contribution in [3.63, 3.8) is 0 Å². The molecule has 0 saturated carbocycles. The van der Waals surface area contributed by atoms with Gasteiger partial charge in [-0.15, -0.1) is 0 Å². The molecule has 1 unspecified atom stereocenters. The Balaban J connectivity index is 1.61. The van der Waals surface area contributed by atoms with Crippen molar-refractivity contribution < 1.29 is 17.9 Å². The van der Waals surface area contributed by atoms with Crippen molar-refractivity contribution in [3.8, 4) is 0 Å². The Bertz CT molecular complexity index is 855. The van der Waals surface area contributed by atoms with Crippen molar-refractivity contribution in [2.24, 2.45) is 0 Å². The van der Waals surface area contributed by atoms with Gasteiger partial charge in [-0.05, 0) is 56.2 Å². The highest BCUT2D eigenvalue weighted by atomic mass is 32.2. The quantitative estimate of drug-likeness (QED) is 0.814. The fourth-order valence-corrected chi connectivity index (χ4v) is 3.78. The highest BCUT2D eigenvalue weighted by Gasteiger charge is 2.20. The van der Waals surface area contributed by atoms with Crippen LogP contribution in [0.15, 0.2) is 53.4 Å². The third-order valence-electron chi connectivity index (χ3n) is 4.26. The average molecular weight is 374 g/mol. The van der Waals surface area contributed by atoms with Gasteiger partial charge in [0.15, 0.2) is 0 Å². The standard InChI is InChI=1S/C19H22N2O4S/c1-14-4-6-15(7-5-14)19(22)21-16-8-10-18(11-9-16)26(23,24)20-13-17-3-2-12-25-17/h4-11,17,20H,2-3,12-13H2,1H3,(H,21,22). The van der Waals surface area contributed by atoms with Crippen molar-refractivity contribution in [2.45, 2.75) is 30.8 Å². The number of hydrogen-bond donors (Lipinski definition) is 2. The first-order chi connectivity index (χ1) is 12.4. The van der Waals surface area contributed by atoms with E-state index in [1.807, 2.05) is 19.1 Å². The zero-order valence-corrected chi connectivity index (χ0v) is 15.4. The van der Waals surface area contributed by atoms with Gasteiger partial charge in [0, 0.05) is 24.4 Å². The molecule has 0 aromatic heterocycles. The molecule has 1 aliphatic heterocycles. The Labute approximate surface area is 153 Å². The van der Waals surface area contributed by atoms with Crippen molar-refractivity contribution in [3.05, 3.63) is 59.7 Å². The van der Waals surface area contributed by atoms with Gasteiger partial charge in [0.2, 0.25) is 10.0 Å². The van der Waals surface area contributed by atoms with Gasteiger partial charge < -0.3 is 10.1 Å². The molecule has 2 aromatic carbocycles. The van der Waals surface area contributed by atoms with E-state index in [1.165, 1.54) is 12.1 Å². The van der Waals surface area contributed by atoms with E-state index in [0.29, 0.717) is 17.9 Å². The second kappa shape index (κ2) is 7.99. The molecule has 0 aliphatic carbocycles. The number of anilines is 1. The van der Waals surface area contributed by atoms with E-state index >= 15 is 0 Å². The molecule has 26 heavy (non-hydrogen) atoms. The molecule has 1 aliphatic rings. The maximum Gasteiger partial charge on any atom is 0.255 e. The zero-order chi connectivity index (χ0) is 18.6. The third-order valence-corrected chi connectivity index (χ3v) is 5.70. The van der Waals surface area contributed by atoms with E-state index in [2.05, 4.69) is 10.0 Å². The highest BCUT2D eigenvalue weighted by molar-refractivity contribution is 7.89. The Morgan fingerprint density at radius 1 is 1.12 bits per heavy atom. The number of amides is 1. The second-order valence-electron chi connectivity index (χ2n) is 6.33. The van der Waals surface area contributed by atoms with Crippen LogP contribution in [0.5, 0.6) is 0 Å². The number of sulfonamides is 1. The predicted octanol–water partition coefficient (Wildman–Crippen LogP) is 2.70. The number of hydrogen-bond acceptors (Lipinski definition) is 4. The maximum absolute atomic E-state index is 12.3. The molecule has 1 fully saturated rings. The first kappa shape index (κ1) is 18.6. The fourth-order valence-electron chi connectivity index (χ4n) is 2.72. The lowest BCUT2D eigenvalue weighted by atomic mass is 10.1. The molecule has 138 valence electrons. The summed E-state index contributed by atoms with van der Waals surface area (Å²) in [6.07, 6.45) is 1.77. The molecule has 3 rings (SSSR count). The lowest BCUT2D eigenvalue weighted by Gasteiger charge is -2.12. The zero-order valence-electron chi connectivity index (χ0n) is 14.6. The Morgan fingerprint density at radius 3 is 2.42 bits per heavy atom. The minimum absolute atomic E-state index is 0.0576. The molecule has 2 N–H and O–H groups in total. The van der Waals surface area contributed by atoms with Crippen molar-refractivity contribution >= 4 is 21.6 Å². The number of nitrogens with one attached hydrogen (secondary N) is 2. The summed E-state index contributed by atoms with van der Waals surface area (Å²) in [4.78, 5) is 12.4. The molecule has 0 spiro atoms. The number of ether oxygens (including phenoxy) is 1. The minimum Gasteiger partial charge on any atom is -0.377 e. The summed E-state index contributed by atoms with van der Waals surface area (Å²) in [6, 6.07) is 13.3. The van der Waals surface area contributed by atoms with Gasteiger partial charge in [-0.3, -0.25) is 4.79 Å². The van der Waals surface area contributed by atoms with E-state index in [1.54, 1.807) is 24.3 Å². The topological polar surface area (TPSA) is 84.5 Å². The van der Waals surface area contributed by atoms with Crippen LogP contribution >= 0.6 is 0 Å². The summed E-state index contributed by atoms with van der Waals surface area (Å²) in [5.74, 6) is -0.239. The van der Waals surface area contributed by atoms with E-state index in [9.17, 15) is 13.2 Å². The molecule has 7 heteroatoms. The van der Waals surface area contributed by atoms with E-state index in [0.717, 1.165) is 18.4 Å². The summed E-state index contributed by atoms with van der Waals surface area (Å²) < 4.78 is 32.6. The molecule has 1 heterocycles. The van der Waals surface area contributed by atoms with Gasteiger partial charge in [-0.25, -0.2) is 13.1 Å². The van der Waals surface area contributed by atoms with Crippen LogP contribution in [0.4, 0.5) is 5.69 Å². The lowest BCUT2D eigenvalue weighted by molar-refractivity contribution is 0.102. The third kappa shape index (κ3) is 4.69. The van der Waals surface area contributed by atoms with Crippen LogP contribution in [-0.2, 0) is 14.8 Å². The predicted molar refractivity (Wildman–Crippen MR) is 99.7 cm³/mol. The smallest absolute Gasteiger partial charge is 0.255 e. The summed E-state index contributed by atoms with van der Waals surface area (Å²) in [7, 11) is -3.59. The molecule has 1 saturated heterocycles. The average Bonchev–Trinajstić information content (AvgIpc) is 3.15. The molecule has 1 amide bonds. The summed E-state index contributed by atoms with van der Waals surface area (Å²) in [5.41, 5.74) is 2.16. The minimum atomic E-state index is -3.59. The van der Waals surface area contributed by atoms with Crippen LogP contribution in [0.1, 0.15) is 28.8 Å².